The molecule has 0 radical (unpaired) electrons. The van der Waals surface area contributed by atoms with Gasteiger partial charge in [0.05, 0.1) is 12.4 Å². The molecule has 2 N–H and O–H groups in total. The molecule has 0 spiro atoms. The standard InChI is InChI=1S/C14H8N6/c15-5-11-7-17-13(19-11)9-1-2-10(4-3-9)14-18-8-12(6-16)20-14/h1-4,7-8H,(H,17,19)(H,18,20). The van der Waals surface area contributed by atoms with Crippen molar-refractivity contribution in [1.82, 2.24) is 19.9 Å². The largest absolute Gasteiger partial charge is 0.330 e. The molecule has 3 aromatic rings. The molecule has 0 fully saturated rings. The van der Waals surface area contributed by atoms with E-state index in [2.05, 4.69) is 19.9 Å². The van der Waals surface area contributed by atoms with Crippen LogP contribution in [0.4, 0.5) is 0 Å². The van der Waals surface area contributed by atoms with Crippen LogP contribution in [0.2, 0.25) is 0 Å². The van der Waals surface area contributed by atoms with E-state index in [4.69, 9.17) is 10.5 Å². The highest BCUT2D eigenvalue weighted by molar-refractivity contribution is 5.63. The van der Waals surface area contributed by atoms with Gasteiger partial charge in [-0.15, -0.1) is 0 Å². The second-order valence-corrected chi connectivity index (χ2v) is 4.09. The summed E-state index contributed by atoms with van der Waals surface area (Å²) in [6.07, 6.45) is 2.99. The molecule has 0 amide bonds. The van der Waals surface area contributed by atoms with Gasteiger partial charge in [0.15, 0.2) is 0 Å². The van der Waals surface area contributed by atoms with Gasteiger partial charge in [-0.3, -0.25) is 0 Å². The first-order chi connectivity index (χ1) is 9.80. The molecule has 0 unspecified atom stereocenters. The number of aromatic amines is 2. The zero-order valence-electron chi connectivity index (χ0n) is 10.3. The second-order valence-electron chi connectivity index (χ2n) is 4.09. The Labute approximate surface area is 114 Å². The van der Waals surface area contributed by atoms with E-state index in [0.717, 1.165) is 11.1 Å². The van der Waals surface area contributed by atoms with Crippen LogP contribution in [0.5, 0.6) is 0 Å². The zero-order valence-corrected chi connectivity index (χ0v) is 10.3. The van der Waals surface area contributed by atoms with Crippen molar-refractivity contribution in [1.29, 1.82) is 10.5 Å². The van der Waals surface area contributed by atoms with Gasteiger partial charge in [-0.25, -0.2) is 9.97 Å². The van der Waals surface area contributed by atoms with Gasteiger partial charge >= 0.3 is 0 Å². The van der Waals surface area contributed by atoms with E-state index in [-0.39, 0.29) is 0 Å². The van der Waals surface area contributed by atoms with Crippen LogP contribution in [0.15, 0.2) is 36.7 Å². The van der Waals surface area contributed by atoms with Gasteiger partial charge < -0.3 is 9.97 Å². The van der Waals surface area contributed by atoms with Crippen LogP contribution in [-0.2, 0) is 0 Å². The first-order valence-corrected chi connectivity index (χ1v) is 5.81. The van der Waals surface area contributed by atoms with Crippen molar-refractivity contribution < 1.29 is 0 Å². The Morgan fingerprint density at radius 1 is 0.750 bits per heavy atom. The minimum absolute atomic E-state index is 0.425. The SMILES string of the molecule is N#Cc1cnc(-c2ccc(-c3ncc(C#N)[nH]3)cc2)[nH]1. The number of H-pyrrole nitrogens is 2. The van der Waals surface area contributed by atoms with E-state index in [1.165, 1.54) is 12.4 Å². The Bertz CT molecular complexity index is 754. The molecule has 0 atom stereocenters. The predicted octanol–water partition coefficient (Wildman–Crippen LogP) is 2.21. The van der Waals surface area contributed by atoms with E-state index in [0.29, 0.717) is 23.0 Å². The maximum Gasteiger partial charge on any atom is 0.138 e. The average molecular weight is 260 g/mol. The molecule has 0 saturated heterocycles. The fourth-order valence-electron chi connectivity index (χ4n) is 1.84. The molecule has 0 bridgehead atoms. The summed E-state index contributed by atoms with van der Waals surface area (Å²) in [5.41, 5.74) is 2.60. The highest BCUT2D eigenvalue weighted by atomic mass is 14.9. The molecule has 6 heteroatoms. The Hall–Kier alpha value is -3.38. The molecule has 94 valence electrons. The van der Waals surface area contributed by atoms with Crippen molar-refractivity contribution in [3.63, 3.8) is 0 Å². The lowest BCUT2D eigenvalue weighted by atomic mass is 10.1. The molecule has 3 rings (SSSR count). The second kappa shape index (κ2) is 4.71. The molecule has 1 aromatic carbocycles. The molecule has 20 heavy (non-hydrogen) atoms. The molecular weight excluding hydrogens is 252 g/mol. The minimum Gasteiger partial charge on any atom is -0.330 e. The summed E-state index contributed by atoms with van der Waals surface area (Å²) < 4.78 is 0. The Kier molecular flexibility index (Phi) is 2.76. The number of hydrogen-bond donors (Lipinski definition) is 2. The lowest BCUT2D eigenvalue weighted by Crippen LogP contribution is -1.84. The number of imidazole rings is 2. The minimum atomic E-state index is 0.425. The van der Waals surface area contributed by atoms with E-state index in [1.54, 1.807) is 0 Å². The maximum atomic E-state index is 8.76. The number of nitrogens with one attached hydrogen (secondary N) is 2. The van der Waals surface area contributed by atoms with Gasteiger partial charge in [-0.2, -0.15) is 10.5 Å². The third-order valence-corrected chi connectivity index (χ3v) is 2.82. The zero-order chi connectivity index (χ0) is 13.9. The highest BCUT2D eigenvalue weighted by Gasteiger charge is 2.06. The molecule has 6 nitrogen and oxygen atoms in total. The van der Waals surface area contributed by atoms with Crippen LogP contribution in [0.25, 0.3) is 22.8 Å². The smallest absolute Gasteiger partial charge is 0.138 e. The number of hydrogen-bond acceptors (Lipinski definition) is 4. The molecule has 0 aliphatic rings. The van der Waals surface area contributed by atoms with Crippen LogP contribution in [0.1, 0.15) is 11.4 Å². The van der Waals surface area contributed by atoms with Gasteiger partial charge in [0.25, 0.3) is 0 Å². The Morgan fingerprint density at radius 3 is 1.45 bits per heavy atom. The normalized spacial score (nSPS) is 9.90. The van der Waals surface area contributed by atoms with E-state index in [9.17, 15) is 0 Å². The van der Waals surface area contributed by atoms with Crippen molar-refractivity contribution in [3.8, 4) is 34.9 Å². The summed E-state index contributed by atoms with van der Waals surface area (Å²) >= 11 is 0. The van der Waals surface area contributed by atoms with Crippen LogP contribution >= 0.6 is 0 Å². The van der Waals surface area contributed by atoms with Gasteiger partial charge in [-0.1, -0.05) is 24.3 Å². The van der Waals surface area contributed by atoms with Gasteiger partial charge in [0.2, 0.25) is 0 Å². The first kappa shape index (κ1) is 11.7. The number of rotatable bonds is 2. The van der Waals surface area contributed by atoms with Crippen molar-refractivity contribution in [3.05, 3.63) is 48.0 Å². The molecule has 0 aliphatic carbocycles. The van der Waals surface area contributed by atoms with Crippen LogP contribution in [0, 0.1) is 22.7 Å². The molecular formula is C14H8N6. The maximum absolute atomic E-state index is 8.76. The van der Waals surface area contributed by atoms with Crippen molar-refractivity contribution in [2.45, 2.75) is 0 Å². The summed E-state index contributed by atoms with van der Waals surface area (Å²) in [6, 6.07) is 11.5. The van der Waals surface area contributed by atoms with Gasteiger partial charge in [-0.05, 0) is 0 Å². The summed E-state index contributed by atoms with van der Waals surface area (Å²) in [6.45, 7) is 0. The van der Waals surface area contributed by atoms with Crippen LogP contribution in [-0.4, -0.2) is 19.9 Å². The predicted molar refractivity (Wildman–Crippen MR) is 71.0 cm³/mol. The third-order valence-electron chi connectivity index (χ3n) is 2.82. The quantitative estimate of drug-likeness (QED) is 0.736. The highest BCUT2D eigenvalue weighted by Crippen LogP contribution is 2.21. The summed E-state index contributed by atoms with van der Waals surface area (Å²) in [4.78, 5) is 14.1. The van der Waals surface area contributed by atoms with Crippen LogP contribution < -0.4 is 0 Å². The average Bonchev–Trinajstić information content (AvgIpc) is 3.16. The molecule has 0 saturated carbocycles. The Morgan fingerprint density at radius 2 is 1.15 bits per heavy atom. The number of aromatic nitrogens is 4. The molecule has 2 aromatic heterocycles. The lowest BCUT2D eigenvalue weighted by Gasteiger charge is -1.99. The monoisotopic (exact) mass is 260 g/mol. The van der Waals surface area contributed by atoms with Crippen molar-refractivity contribution in [2.75, 3.05) is 0 Å². The third kappa shape index (κ3) is 2.02. The van der Waals surface area contributed by atoms with Crippen LogP contribution in [0.3, 0.4) is 0 Å². The fourth-order valence-corrected chi connectivity index (χ4v) is 1.84. The van der Waals surface area contributed by atoms with Gasteiger partial charge in [0.1, 0.15) is 35.2 Å². The van der Waals surface area contributed by atoms with E-state index >= 15 is 0 Å². The van der Waals surface area contributed by atoms with Crippen molar-refractivity contribution in [2.24, 2.45) is 0 Å². The number of nitriles is 2. The number of nitrogens with zero attached hydrogens (tertiary/aromatic N) is 4. The summed E-state index contributed by atoms with van der Waals surface area (Å²) in [5, 5.41) is 17.5. The topological polar surface area (TPSA) is 105 Å². The fraction of sp³-hybridized carbons (Fsp3) is 0. The first-order valence-electron chi connectivity index (χ1n) is 5.81. The van der Waals surface area contributed by atoms with E-state index < -0.39 is 0 Å². The Balaban J connectivity index is 1.91. The van der Waals surface area contributed by atoms with Gasteiger partial charge in [0, 0.05) is 11.1 Å². The molecule has 2 heterocycles. The summed E-state index contributed by atoms with van der Waals surface area (Å²) in [7, 11) is 0. The van der Waals surface area contributed by atoms with E-state index in [1.807, 2.05) is 36.4 Å². The molecule has 0 aliphatic heterocycles. The number of benzene rings is 1. The van der Waals surface area contributed by atoms with Crippen molar-refractivity contribution >= 4 is 0 Å². The summed E-state index contributed by atoms with van der Waals surface area (Å²) in [5.74, 6) is 1.29. The lowest BCUT2D eigenvalue weighted by molar-refractivity contribution is 1.28.